The first kappa shape index (κ1) is 14.1. The summed E-state index contributed by atoms with van der Waals surface area (Å²) in [6, 6.07) is 8.42. The molecule has 0 aliphatic carbocycles. The molecule has 8 nitrogen and oxygen atoms in total. The van der Waals surface area contributed by atoms with Crippen LogP contribution in [0.25, 0.3) is 0 Å². The molecule has 2 amide bonds. The number of nitro benzene ring substituents is 1. The van der Waals surface area contributed by atoms with Crippen molar-refractivity contribution in [1.82, 2.24) is 4.98 Å². The predicted molar refractivity (Wildman–Crippen MR) is 73.8 cm³/mol. The van der Waals surface area contributed by atoms with Gasteiger partial charge in [-0.25, -0.2) is 0 Å². The van der Waals surface area contributed by atoms with E-state index >= 15 is 0 Å². The van der Waals surface area contributed by atoms with Gasteiger partial charge in [-0.2, -0.15) is 0 Å². The van der Waals surface area contributed by atoms with Crippen LogP contribution >= 0.6 is 0 Å². The summed E-state index contributed by atoms with van der Waals surface area (Å²) in [5.41, 5.74) is 5.08. The van der Waals surface area contributed by atoms with Crippen molar-refractivity contribution in [3.8, 4) is 0 Å². The number of nitrogens with one attached hydrogen (secondary N) is 1. The van der Waals surface area contributed by atoms with E-state index in [2.05, 4.69) is 10.3 Å². The van der Waals surface area contributed by atoms with Crippen molar-refractivity contribution < 1.29 is 14.5 Å². The maximum Gasteiger partial charge on any atom is 0.292 e. The highest BCUT2D eigenvalue weighted by Crippen LogP contribution is 2.23. The number of hydrogen-bond donors (Lipinski definition) is 2. The molecule has 3 N–H and O–H groups in total. The molecule has 0 bridgehead atoms. The molecule has 0 aliphatic rings. The first-order valence-corrected chi connectivity index (χ1v) is 5.79. The van der Waals surface area contributed by atoms with Crippen LogP contribution < -0.4 is 11.1 Å². The lowest BCUT2D eigenvalue weighted by molar-refractivity contribution is -0.383. The zero-order chi connectivity index (χ0) is 15.4. The van der Waals surface area contributed by atoms with Gasteiger partial charge in [0.1, 0.15) is 11.4 Å². The Bertz CT molecular complexity index is 712. The second kappa shape index (κ2) is 5.78. The molecule has 0 atom stereocenters. The summed E-state index contributed by atoms with van der Waals surface area (Å²) in [6.07, 6.45) is 1.17. The highest BCUT2D eigenvalue weighted by Gasteiger charge is 2.16. The summed E-state index contributed by atoms with van der Waals surface area (Å²) in [4.78, 5) is 36.8. The minimum absolute atomic E-state index is 0.0252. The van der Waals surface area contributed by atoms with Gasteiger partial charge in [0.2, 0.25) is 0 Å². The Hall–Kier alpha value is -3.29. The van der Waals surface area contributed by atoms with Gasteiger partial charge in [0.25, 0.3) is 17.5 Å². The Labute approximate surface area is 118 Å². The number of anilines is 1. The van der Waals surface area contributed by atoms with E-state index in [1.165, 1.54) is 36.5 Å². The minimum atomic E-state index is -0.708. The number of pyridine rings is 1. The normalized spacial score (nSPS) is 9.90. The van der Waals surface area contributed by atoms with Crippen LogP contribution in [0.15, 0.2) is 42.6 Å². The molecular weight excluding hydrogens is 276 g/mol. The standard InChI is InChI=1S/C13H10N4O4/c14-12(18)10-6-5-8(7-15-10)13(19)16-9-3-1-2-4-11(9)17(20)21/h1-7H,(H2,14,18)(H,16,19). The predicted octanol–water partition coefficient (Wildman–Crippen LogP) is 1.34. The molecule has 1 aromatic carbocycles. The Kier molecular flexibility index (Phi) is 3.89. The Morgan fingerprint density at radius 1 is 1.19 bits per heavy atom. The molecule has 0 aliphatic heterocycles. The van der Waals surface area contributed by atoms with Crippen molar-refractivity contribution in [3.63, 3.8) is 0 Å². The fourth-order valence-electron chi connectivity index (χ4n) is 1.61. The lowest BCUT2D eigenvalue weighted by atomic mass is 10.2. The third-order valence-corrected chi connectivity index (χ3v) is 2.63. The van der Waals surface area contributed by atoms with E-state index in [0.717, 1.165) is 0 Å². The molecule has 106 valence electrons. The number of benzene rings is 1. The molecule has 0 spiro atoms. The van der Waals surface area contributed by atoms with Crippen LogP contribution in [0, 0.1) is 10.1 Å². The molecule has 0 unspecified atom stereocenters. The molecule has 0 saturated carbocycles. The van der Waals surface area contributed by atoms with Gasteiger partial charge in [0.05, 0.1) is 10.5 Å². The first-order chi connectivity index (χ1) is 9.99. The molecule has 0 radical (unpaired) electrons. The average molecular weight is 286 g/mol. The smallest absolute Gasteiger partial charge is 0.292 e. The number of nitro groups is 1. The lowest BCUT2D eigenvalue weighted by Gasteiger charge is -2.05. The van der Waals surface area contributed by atoms with Crippen molar-refractivity contribution in [3.05, 3.63) is 64.0 Å². The lowest BCUT2D eigenvalue weighted by Crippen LogP contribution is -2.16. The topological polar surface area (TPSA) is 128 Å². The number of nitrogens with two attached hydrogens (primary N) is 1. The Morgan fingerprint density at radius 3 is 2.48 bits per heavy atom. The van der Waals surface area contributed by atoms with E-state index in [0.29, 0.717) is 0 Å². The van der Waals surface area contributed by atoms with E-state index in [4.69, 9.17) is 5.73 Å². The second-order valence-corrected chi connectivity index (χ2v) is 4.02. The number of carbonyl (C=O) groups excluding carboxylic acids is 2. The molecule has 8 heteroatoms. The molecular formula is C13H10N4O4. The largest absolute Gasteiger partial charge is 0.364 e. The third kappa shape index (κ3) is 3.18. The van der Waals surface area contributed by atoms with Gasteiger partial charge in [-0.05, 0) is 18.2 Å². The van der Waals surface area contributed by atoms with Gasteiger partial charge in [-0.15, -0.1) is 0 Å². The molecule has 2 aromatic rings. The molecule has 1 aromatic heterocycles. The molecule has 2 rings (SSSR count). The summed E-state index contributed by atoms with van der Waals surface area (Å²) in [7, 11) is 0. The number of para-hydroxylation sites is 2. The van der Waals surface area contributed by atoms with Crippen molar-refractivity contribution in [1.29, 1.82) is 0 Å². The average Bonchev–Trinajstić information content (AvgIpc) is 2.47. The van der Waals surface area contributed by atoms with Crippen molar-refractivity contribution in [2.45, 2.75) is 0 Å². The van der Waals surface area contributed by atoms with Crippen LogP contribution in [0.1, 0.15) is 20.8 Å². The fourth-order valence-corrected chi connectivity index (χ4v) is 1.61. The quantitative estimate of drug-likeness (QED) is 0.647. The zero-order valence-electron chi connectivity index (χ0n) is 10.6. The number of nitrogens with zero attached hydrogens (tertiary/aromatic N) is 2. The summed E-state index contributed by atoms with van der Waals surface area (Å²) < 4.78 is 0. The third-order valence-electron chi connectivity index (χ3n) is 2.63. The molecule has 0 saturated heterocycles. The van der Waals surface area contributed by atoms with E-state index in [-0.39, 0.29) is 22.6 Å². The highest BCUT2D eigenvalue weighted by atomic mass is 16.6. The van der Waals surface area contributed by atoms with Crippen LogP contribution in [0.4, 0.5) is 11.4 Å². The summed E-state index contributed by atoms with van der Waals surface area (Å²) in [5, 5.41) is 13.3. The number of aromatic nitrogens is 1. The van der Waals surface area contributed by atoms with Crippen molar-refractivity contribution >= 4 is 23.2 Å². The van der Waals surface area contributed by atoms with Crippen LogP contribution in [-0.2, 0) is 0 Å². The second-order valence-electron chi connectivity index (χ2n) is 4.02. The van der Waals surface area contributed by atoms with Gasteiger partial charge < -0.3 is 11.1 Å². The highest BCUT2D eigenvalue weighted by molar-refractivity contribution is 6.05. The van der Waals surface area contributed by atoms with Crippen LogP contribution in [-0.4, -0.2) is 21.7 Å². The molecule has 0 fully saturated rings. The summed E-state index contributed by atoms with van der Waals surface area (Å²) in [5.74, 6) is -1.28. The van der Waals surface area contributed by atoms with E-state index < -0.39 is 16.7 Å². The van der Waals surface area contributed by atoms with Crippen molar-refractivity contribution in [2.75, 3.05) is 5.32 Å². The van der Waals surface area contributed by atoms with E-state index in [9.17, 15) is 19.7 Å². The molecule has 21 heavy (non-hydrogen) atoms. The van der Waals surface area contributed by atoms with Gasteiger partial charge in [-0.1, -0.05) is 12.1 Å². The SMILES string of the molecule is NC(=O)c1ccc(C(=O)Nc2ccccc2[N+](=O)[O-])cn1. The van der Waals surface area contributed by atoms with Crippen LogP contribution in [0.5, 0.6) is 0 Å². The van der Waals surface area contributed by atoms with Gasteiger partial charge >= 0.3 is 0 Å². The van der Waals surface area contributed by atoms with E-state index in [1.54, 1.807) is 6.07 Å². The van der Waals surface area contributed by atoms with Crippen LogP contribution in [0.2, 0.25) is 0 Å². The van der Waals surface area contributed by atoms with Crippen LogP contribution in [0.3, 0.4) is 0 Å². The zero-order valence-corrected chi connectivity index (χ0v) is 10.6. The number of amides is 2. The maximum absolute atomic E-state index is 12.0. The maximum atomic E-state index is 12.0. The van der Waals surface area contributed by atoms with Gasteiger partial charge in [0, 0.05) is 12.3 Å². The van der Waals surface area contributed by atoms with Gasteiger partial charge in [0.15, 0.2) is 0 Å². The number of carbonyl (C=O) groups is 2. The first-order valence-electron chi connectivity index (χ1n) is 5.79. The summed E-state index contributed by atoms with van der Waals surface area (Å²) in [6.45, 7) is 0. The number of hydrogen-bond acceptors (Lipinski definition) is 5. The summed E-state index contributed by atoms with van der Waals surface area (Å²) >= 11 is 0. The Balaban J connectivity index is 2.22. The van der Waals surface area contributed by atoms with Gasteiger partial charge in [-0.3, -0.25) is 24.7 Å². The fraction of sp³-hybridized carbons (Fsp3) is 0. The van der Waals surface area contributed by atoms with E-state index in [1.807, 2.05) is 0 Å². The molecule has 1 heterocycles. The number of primary amides is 1. The van der Waals surface area contributed by atoms with Crippen molar-refractivity contribution in [2.24, 2.45) is 5.73 Å². The minimum Gasteiger partial charge on any atom is -0.364 e. The monoisotopic (exact) mass is 286 g/mol. The Morgan fingerprint density at radius 2 is 1.90 bits per heavy atom. The number of rotatable bonds is 4.